The summed E-state index contributed by atoms with van der Waals surface area (Å²) in [4.78, 5) is 0.367. The molecule has 2 aromatic rings. The maximum Gasteiger partial charge on any atom is 0.241 e. The molecule has 0 saturated heterocycles. The number of aryl methyl sites for hydroxylation is 3. The van der Waals surface area contributed by atoms with E-state index in [0.29, 0.717) is 18.1 Å². The smallest absolute Gasteiger partial charge is 0.241 e. The summed E-state index contributed by atoms with van der Waals surface area (Å²) in [6.07, 6.45) is 0. The van der Waals surface area contributed by atoms with Gasteiger partial charge in [-0.1, -0.05) is 48.0 Å². The zero-order valence-electron chi connectivity index (χ0n) is 13.8. The Morgan fingerprint density at radius 3 is 2.22 bits per heavy atom. The van der Waals surface area contributed by atoms with Gasteiger partial charge in [0.2, 0.25) is 10.0 Å². The Hall–Kier alpha value is -1.69. The first-order valence-electron chi connectivity index (χ1n) is 7.59. The van der Waals surface area contributed by atoms with Gasteiger partial charge < -0.3 is 4.74 Å². The molecule has 0 spiro atoms. The van der Waals surface area contributed by atoms with Gasteiger partial charge in [0.1, 0.15) is 0 Å². The highest BCUT2D eigenvalue weighted by Crippen LogP contribution is 2.21. The average Bonchev–Trinajstić information content (AvgIpc) is 2.46. The van der Waals surface area contributed by atoms with Crippen molar-refractivity contribution in [2.45, 2.75) is 32.3 Å². The number of benzene rings is 2. The number of nitrogens with one attached hydrogen (secondary N) is 1. The van der Waals surface area contributed by atoms with Crippen molar-refractivity contribution in [1.29, 1.82) is 0 Å². The predicted octanol–water partition coefficient (Wildman–Crippen LogP) is 3.11. The van der Waals surface area contributed by atoms with Crippen molar-refractivity contribution < 1.29 is 13.2 Å². The molecule has 2 rings (SSSR count). The molecule has 4 nitrogen and oxygen atoms in total. The molecule has 0 aliphatic carbocycles. The molecule has 0 fully saturated rings. The minimum absolute atomic E-state index is 0.252. The molecular weight excluding hydrogens is 310 g/mol. The van der Waals surface area contributed by atoms with Crippen LogP contribution in [0.25, 0.3) is 0 Å². The molecule has 23 heavy (non-hydrogen) atoms. The van der Waals surface area contributed by atoms with Gasteiger partial charge in [-0.05, 0) is 37.5 Å². The first-order valence-corrected chi connectivity index (χ1v) is 9.07. The van der Waals surface area contributed by atoms with Crippen molar-refractivity contribution >= 4 is 10.0 Å². The second kappa shape index (κ2) is 7.73. The van der Waals surface area contributed by atoms with Crippen molar-refractivity contribution in [3.63, 3.8) is 0 Å². The molecule has 1 N–H and O–H groups in total. The van der Waals surface area contributed by atoms with E-state index >= 15 is 0 Å². The minimum atomic E-state index is -3.51. The fourth-order valence-corrected chi connectivity index (χ4v) is 4.14. The van der Waals surface area contributed by atoms with Gasteiger partial charge in [-0.15, -0.1) is 0 Å². The van der Waals surface area contributed by atoms with Crippen LogP contribution in [0.3, 0.4) is 0 Å². The molecule has 0 aliphatic heterocycles. The van der Waals surface area contributed by atoms with Crippen LogP contribution in [0.2, 0.25) is 0 Å². The monoisotopic (exact) mass is 333 g/mol. The Kier molecular flexibility index (Phi) is 5.93. The van der Waals surface area contributed by atoms with E-state index in [0.717, 1.165) is 22.3 Å². The lowest BCUT2D eigenvalue weighted by Crippen LogP contribution is -2.28. The van der Waals surface area contributed by atoms with Crippen molar-refractivity contribution in [1.82, 2.24) is 4.72 Å². The maximum absolute atomic E-state index is 12.5. The topological polar surface area (TPSA) is 55.4 Å². The van der Waals surface area contributed by atoms with Gasteiger partial charge in [-0.3, -0.25) is 0 Å². The van der Waals surface area contributed by atoms with Crippen LogP contribution < -0.4 is 4.72 Å². The zero-order chi connectivity index (χ0) is 16.9. The van der Waals surface area contributed by atoms with Crippen LogP contribution in [-0.4, -0.2) is 21.6 Å². The summed E-state index contributed by atoms with van der Waals surface area (Å²) in [6, 6.07) is 13.6. The van der Waals surface area contributed by atoms with Crippen LogP contribution in [0.4, 0.5) is 0 Å². The fourth-order valence-electron chi connectivity index (χ4n) is 2.68. The van der Waals surface area contributed by atoms with Crippen molar-refractivity contribution in [3.05, 3.63) is 64.7 Å². The van der Waals surface area contributed by atoms with E-state index in [1.54, 1.807) is 0 Å². The average molecular weight is 333 g/mol. The minimum Gasteiger partial charge on any atom is -0.375 e. The summed E-state index contributed by atoms with van der Waals surface area (Å²) in [6.45, 7) is 6.66. The Morgan fingerprint density at radius 2 is 1.61 bits per heavy atom. The van der Waals surface area contributed by atoms with Gasteiger partial charge in [0.05, 0.1) is 18.1 Å². The van der Waals surface area contributed by atoms with Crippen LogP contribution in [0, 0.1) is 20.8 Å². The van der Waals surface area contributed by atoms with E-state index in [4.69, 9.17) is 4.74 Å². The Morgan fingerprint density at radius 1 is 1.00 bits per heavy atom. The van der Waals surface area contributed by atoms with Gasteiger partial charge >= 0.3 is 0 Å². The molecule has 0 atom stereocenters. The summed E-state index contributed by atoms with van der Waals surface area (Å²) in [5.41, 5.74) is 3.66. The zero-order valence-corrected chi connectivity index (χ0v) is 14.6. The normalized spacial score (nSPS) is 11.6. The number of hydrogen-bond acceptors (Lipinski definition) is 3. The standard InChI is InChI=1S/C18H23NO3S/c1-14-11-15(2)18(16(3)12-14)23(20,21)19-9-10-22-13-17-7-5-4-6-8-17/h4-8,11-12,19H,9-10,13H2,1-3H3. The Bertz CT molecular complexity index is 732. The molecule has 0 radical (unpaired) electrons. The van der Waals surface area contributed by atoms with E-state index in [9.17, 15) is 8.42 Å². The van der Waals surface area contributed by atoms with Gasteiger partial charge in [-0.25, -0.2) is 13.1 Å². The number of ether oxygens (including phenoxy) is 1. The molecular formula is C18H23NO3S. The lowest BCUT2D eigenvalue weighted by molar-refractivity contribution is 0.126. The summed E-state index contributed by atoms with van der Waals surface area (Å²) in [5, 5.41) is 0. The van der Waals surface area contributed by atoms with Crippen LogP contribution in [0.5, 0.6) is 0 Å². The van der Waals surface area contributed by atoms with Gasteiger partial charge in [0.15, 0.2) is 0 Å². The van der Waals surface area contributed by atoms with Crippen molar-refractivity contribution in [2.24, 2.45) is 0 Å². The Balaban J connectivity index is 1.90. The van der Waals surface area contributed by atoms with Crippen LogP contribution >= 0.6 is 0 Å². The predicted molar refractivity (Wildman–Crippen MR) is 91.9 cm³/mol. The maximum atomic E-state index is 12.5. The molecule has 124 valence electrons. The highest BCUT2D eigenvalue weighted by molar-refractivity contribution is 7.89. The lowest BCUT2D eigenvalue weighted by atomic mass is 10.1. The van der Waals surface area contributed by atoms with E-state index in [1.807, 2.05) is 63.2 Å². The third kappa shape index (κ3) is 4.89. The first-order chi connectivity index (χ1) is 10.9. The van der Waals surface area contributed by atoms with Gasteiger partial charge in [0, 0.05) is 6.54 Å². The van der Waals surface area contributed by atoms with E-state index < -0.39 is 10.0 Å². The molecule has 0 heterocycles. The highest BCUT2D eigenvalue weighted by atomic mass is 32.2. The van der Waals surface area contributed by atoms with E-state index in [-0.39, 0.29) is 6.54 Å². The van der Waals surface area contributed by atoms with Gasteiger partial charge in [0.25, 0.3) is 0 Å². The van der Waals surface area contributed by atoms with Gasteiger partial charge in [-0.2, -0.15) is 0 Å². The molecule has 0 saturated carbocycles. The molecule has 0 unspecified atom stereocenters. The first kappa shape index (κ1) is 17.7. The summed E-state index contributed by atoms with van der Waals surface area (Å²) < 4.78 is 33.0. The Labute approximate surface area is 138 Å². The SMILES string of the molecule is Cc1cc(C)c(S(=O)(=O)NCCOCc2ccccc2)c(C)c1. The molecule has 0 amide bonds. The fraction of sp³-hybridized carbons (Fsp3) is 0.333. The van der Waals surface area contributed by atoms with E-state index in [1.165, 1.54) is 0 Å². The second-order valence-corrected chi connectivity index (χ2v) is 7.37. The molecule has 0 aromatic heterocycles. The number of sulfonamides is 1. The third-order valence-electron chi connectivity index (χ3n) is 3.52. The lowest BCUT2D eigenvalue weighted by Gasteiger charge is -2.13. The summed E-state index contributed by atoms with van der Waals surface area (Å²) >= 11 is 0. The molecule has 5 heteroatoms. The molecule has 0 bridgehead atoms. The van der Waals surface area contributed by atoms with Crippen LogP contribution in [-0.2, 0) is 21.4 Å². The number of hydrogen-bond donors (Lipinski definition) is 1. The van der Waals surface area contributed by atoms with Crippen molar-refractivity contribution in [3.8, 4) is 0 Å². The number of rotatable bonds is 7. The van der Waals surface area contributed by atoms with Crippen LogP contribution in [0.1, 0.15) is 22.3 Å². The quantitative estimate of drug-likeness (QED) is 0.792. The second-order valence-electron chi connectivity index (χ2n) is 5.66. The largest absolute Gasteiger partial charge is 0.375 e. The highest BCUT2D eigenvalue weighted by Gasteiger charge is 2.19. The summed E-state index contributed by atoms with van der Waals surface area (Å²) in [5.74, 6) is 0. The van der Waals surface area contributed by atoms with E-state index in [2.05, 4.69) is 4.72 Å². The third-order valence-corrected chi connectivity index (χ3v) is 5.29. The van der Waals surface area contributed by atoms with Crippen molar-refractivity contribution in [2.75, 3.05) is 13.2 Å². The van der Waals surface area contributed by atoms with Crippen LogP contribution in [0.15, 0.2) is 47.4 Å². The molecule has 2 aromatic carbocycles. The summed E-state index contributed by atoms with van der Waals surface area (Å²) in [7, 11) is -3.51. The molecule has 0 aliphatic rings.